The Bertz CT molecular complexity index is 403. The Morgan fingerprint density at radius 1 is 1.29 bits per heavy atom. The lowest BCUT2D eigenvalue weighted by Gasteiger charge is -2.11. The van der Waals surface area contributed by atoms with Crippen molar-refractivity contribution in [2.45, 2.75) is 0 Å². The lowest BCUT2D eigenvalue weighted by atomic mass is 10.4. The minimum atomic E-state index is -0.365. The Hall–Kier alpha value is -1.69. The van der Waals surface area contributed by atoms with Gasteiger partial charge >= 0.3 is 6.03 Å². The van der Waals surface area contributed by atoms with Crippen LogP contribution in [0, 0.1) is 0 Å². The molecule has 0 aliphatic heterocycles. The van der Waals surface area contributed by atoms with Crippen molar-refractivity contribution in [3.8, 4) is 0 Å². The second kappa shape index (κ2) is 6.15. The van der Waals surface area contributed by atoms with Gasteiger partial charge in [0.15, 0.2) is 11.0 Å². The van der Waals surface area contributed by atoms with E-state index in [0.717, 1.165) is 0 Å². The molecule has 0 aliphatic carbocycles. The second-order valence-corrected chi connectivity index (χ2v) is 3.86. The summed E-state index contributed by atoms with van der Waals surface area (Å²) >= 11 is 5.53. The van der Waals surface area contributed by atoms with Gasteiger partial charge in [0, 0.05) is 27.2 Å². The van der Waals surface area contributed by atoms with Crippen LogP contribution in [-0.2, 0) is 0 Å². The molecule has 94 valence electrons. The van der Waals surface area contributed by atoms with Crippen LogP contribution < -0.4 is 10.6 Å². The summed E-state index contributed by atoms with van der Waals surface area (Å²) in [6.07, 6.45) is 0. The second-order valence-electron chi connectivity index (χ2n) is 3.49. The summed E-state index contributed by atoms with van der Waals surface area (Å²) in [7, 11) is 3.28. The van der Waals surface area contributed by atoms with Gasteiger partial charge in [-0.15, -0.1) is 0 Å². The molecule has 0 unspecified atom stereocenters. The summed E-state index contributed by atoms with van der Waals surface area (Å²) in [6, 6.07) is 2.76. The van der Waals surface area contributed by atoms with Gasteiger partial charge in [-0.3, -0.25) is 4.79 Å². The maximum Gasteiger partial charge on any atom is 0.316 e. The Morgan fingerprint density at radius 3 is 2.47 bits per heavy atom. The summed E-state index contributed by atoms with van der Waals surface area (Å²) in [4.78, 5) is 24.0. The summed E-state index contributed by atoms with van der Waals surface area (Å²) in [6.45, 7) is 0.661. The Kier molecular flexibility index (Phi) is 4.84. The predicted octanol–water partition coefficient (Wildman–Crippen LogP) is 0.934. The van der Waals surface area contributed by atoms with Crippen molar-refractivity contribution in [1.29, 1.82) is 0 Å². The number of furan rings is 1. The average Bonchev–Trinajstić information content (AvgIpc) is 2.70. The number of hydrogen-bond donors (Lipinski definition) is 2. The Labute approximate surface area is 104 Å². The molecular formula is C10H14ClN3O3. The topological polar surface area (TPSA) is 74.6 Å². The maximum absolute atomic E-state index is 11.4. The van der Waals surface area contributed by atoms with Crippen molar-refractivity contribution >= 4 is 23.5 Å². The normalized spacial score (nSPS) is 9.82. The molecule has 1 aromatic rings. The number of nitrogens with one attached hydrogen (secondary N) is 2. The summed E-state index contributed by atoms with van der Waals surface area (Å²) in [5, 5.41) is 5.35. The Balaban J connectivity index is 2.23. The third-order valence-corrected chi connectivity index (χ3v) is 2.09. The molecule has 1 rings (SSSR count). The fourth-order valence-electron chi connectivity index (χ4n) is 1.03. The van der Waals surface area contributed by atoms with Crippen LogP contribution in [0.1, 0.15) is 10.6 Å². The molecule has 1 aromatic heterocycles. The van der Waals surface area contributed by atoms with E-state index < -0.39 is 0 Å². The van der Waals surface area contributed by atoms with E-state index in [1.165, 1.54) is 17.0 Å². The third kappa shape index (κ3) is 4.36. The van der Waals surface area contributed by atoms with Gasteiger partial charge in [0.05, 0.1) is 0 Å². The molecule has 1 heterocycles. The van der Waals surface area contributed by atoms with Crippen molar-refractivity contribution in [2.24, 2.45) is 0 Å². The van der Waals surface area contributed by atoms with Crippen LogP contribution in [0.25, 0.3) is 0 Å². The smallest absolute Gasteiger partial charge is 0.316 e. The van der Waals surface area contributed by atoms with Crippen molar-refractivity contribution in [1.82, 2.24) is 15.5 Å². The van der Waals surface area contributed by atoms with Crippen molar-refractivity contribution < 1.29 is 14.0 Å². The van der Waals surface area contributed by atoms with E-state index in [9.17, 15) is 9.59 Å². The SMILES string of the molecule is CN(C)C(=O)NCCNC(=O)c1ccc(Cl)o1. The van der Waals surface area contributed by atoms with Crippen molar-refractivity contribution in [2.75, 3.05) is 27.2 Å². The van der Waals surface area contributed by atoms with E-state index in [0.29, 0.717) is 13.1 Å². The summed E-state index contributed by atoms with van der Waals surface area (Å²) in [5.41, 5.74) is 0. The molecule has 0 atom stereocenters. The van der Waals surface area contributed by atoms with Crippen molar-refractivity contribution in [3.05, 3.63) is 23.1 Å². The first kappa shape index (κ1) is 13.4. The number of hydrogen-bond acceptors (Lipinski definition) is 3. The van der Waals surface area contributed by atoms with Gasteiger partial charge in [0.2, 0.25) is 0 Å². The van der Waals surface area contributed by atoms with Crippen LogP contribution in [0.3, 0.4) is 0 Å². The molecule has 0 radical (unpaired) electrons. The van der Waals surface area contributed by atoms with Gasteiger partial charge in [-0.2, -0.15) is 0 Å². The van der Waals surface area contributed by atoms with E-state index in [1.54, 1.807) is 14.1 Å². The zero-order valence-corrected chi connectivity index (χ0v) is 10.4. The molecular weight excluding hydrogens is 246 g/mol. The van der Waals surface area contributed by atoms with Crippen LogP contribution in [0.5, 0.6) is 0 Å². The fraction of sp³-hybridized carbons (Fsp3) is 0.400. The quantitative estimate of drug-likeness (QED) is 0.790. The third-order valence-electron chi connectivity index (χ3n) is 1.89. The number of amides is 3. The maximum atomic E-state index is 11.4. The van der Waals surface area contributed by atoms with E-state index in [2.05, 4.69) is 10.6 Å². The molecule has 0 fully saturated rings. The largest absolute Gasteiger partial charge is 0.440 e. The standard InChI is InChI=1S/C10H14ClN3O3/c1-14(2)10(16)13-6-5-12-9(15)7-3-4-8(11)17-7/h3-4H,5-6H2,1-2H3,(H,12,15)(H,13,16). The minimum absolute atomic E-state index is 0.147. The highest BCUT2D eigenvalue weighted by molar-refractivity contribution is 6.29. The molecule has 7 heteroatoms. The van der Waals surface area contributed by atoms with Gasteiger partial charge in [-0.1, -0.05) is 0 Å². The van der Waals surface area contributed by atoms with E-state index in [4.69, 9.17) is 16.0 Å². The lowest BCUT2D eigenvalue weighted by Crippen LogP contribution is -2.39. The van der Waals surface area contributed by atoms with Crippen LogP contribution in [-0.4, -0.2) is 44.0 Å². The van der Waals surface area contributed by atoms with Gasteiger partial charge < -0.3 is 20.0 Å². The van der Waals surface area contributed by atoms with Gasteiger partial charge in [-0.05, 0) is 23.7 Å². The number of urea groups is 1. The first-order valence-electron chi connectivity index (χ1n) is 4.99. The van der Waals surface area contributed by atoms with Crippen molar-refractivity contribution in [3.63, 3.8) is 0 Å². The Morgan fingerprint density at radius 2 is 1.94 bits per heavy atom. The van der Waals surface area contributed by atoms with E-state index in [1.807, 2.05) is 0 Å². The number of rotatable bonds is 4. The highest BCUT2D eigenvalue weighted by Crippen LogP contribution is 2.12. The van der Waals surface area contributed by atoms with Gasteiger partial charge in [0.25, 0.3) is 5.91 Å². The monoisotopic (exact) mass is 259 g/mol. The molecule has 0 aliphatic rings. The lowest BCUT2D eigenvalue weighted by molar-refractivity contribution is 0.0926. The van der Waals surface area contributed by atoms with Gasteiger partial charge in [0.1, 0.15) is 0 Å². The number of halogens is 1. The van der Waals surface area contributed by atoms with Crippen LogP contribution >= 0.6 is 11.6 Å². The molecule has 6 nitrogen and oxygen atoms in total. The number of carbonyl (C=O) groups excluding carboxylic acids is 2. The predicted molar refractivity (Wildman–Crippen MR) is 63.1 cm³/mol. The zero-order chi connectivity index (χ0) is 12.8. The minimum Gasteiger partial charge on any atom is -0.440 e. The number of nitrogens with zero attached hydrogens (tertiary/aromatic N) is 1. The van der Waals surface area contributed by atoms with Crippen LogP contribution in [0.2, 0.25) is 5.22 Å². The van der Waals surface area contributed by atoms with Gasteiger partial charge in [-0.25, -0.2) is 4.79 Å². The van der Waals surface area contributed by atoms with E-state index >= 15 is 0 Å². The molecule has 3 amide bonds. The molecule has 0 spiro atoms. The molecule has 0 aromatic carbocycles. The first-order valence-corrected chi connectivity index (χ1v) is 5.37. The molecule has 0 saturated heterocycles. The molecule has 0 saturated carbocycles. The summed E-state index contributed by atoms with van der Waals surface area (Å²) in [5.74, 6) is -0.218. The first-order chi connectivity index (χ1) is 8.00. The molecule has 0 bridgehead atoms. The highest BCUT2D eigenvalue weighted by atomic mass is 35.5. The number of carbonyl (C=O) groups is 2. The summed E-state index contributed by atoms with van der Waals surface area (Å²) < 4.78 is 4.92. The van der Waals surface area contributed by atoms with Crippen LogP contribution in [0.15, 0.2) is 16.5 Å². The molecule has 2 N–H and O–H groups in total. The average molecular weight is 260 g/mol. The van der Waals surface area contributed by atoms with Crippen LogP contribution in [0.4, 0.5) is 4.79 Å². The van der Waals surface area contributed by atoms with E-state index in [-0.39, 0.29) is 22.9 Å². The zero-order valence-electron chi connectivity index (χ0n) is 9.62. The molecule has 17 heavy (non-hydrogen) atoms. The highest BCUT2D eigenvalue weighted by Gasteiger charge is 2.09. The fourth-order valence-corrected chi connectivity index (χ4v) is 1.17.